The number of anilines is 2. The molecule has 0 fully saturated rings. The van der Waals surface area contributed by atoms with Gasteiger partial charge in [0.1, 0.15) is 5.82 Å². The first kappa shape index (κ1) is 14.9. The first-order valence-electron chi connectivity index (χ1n) is 6.40. The van der Waals surface area contributed by atoms with Crippen LogP contribution in [0.2, 0.25) is 0 Å². The molecule has 1 amide bonds. The van der Waals surface area contributed by atoms with E-state index in [9.17, 15) is 4.79 Å². The lowest BCUT2D eigenvalue weighted by molar-refractivity contribution is 0.102. The van der Waals surface area contributed by atoms with Crippen LogP contribution in [0.15, 0.2) is 16.5 Å². The monoisotopic (exact) mass is 290 g/mol. The summed E-state index contributed by atoms with van der Waals surface area (Å²) >= 11 is 0. The van der Waals surface area contributed by atoms with Crippen LogP contribution in [-0.2, 0) is 5.41 Å². The summed E-state index contributed by atoms with van der Waals surface area (Å²) in [6.45, 7) is 7.64. The highest BCUT2D eigenvalue weighted by Gasteiger charge is 2.20. The Morgan fingerprint density at radius 2 is 2.00 bits per heavy atom. The highest BCUT2D eigenvalue weighted by atomic mass is 16.4. The quantitative estimate of drug-likeness (QED) is 0.580. The second-order valence-electron chi connectivity index (χ2n) is 5.60. The molecule has 2 heterocycles. The van der Waals surface area contributed by atoms with Gasteiger partial charge in [-0.25, -0.2) is 10.8 Å². The van der Waals surface area contributed by atoms with E-state index in [1.807, 2.05) is 20.8 Å². The number of rotatable bonds is 3. The first-order valence-corrected chi connectivity index (χ1v) is 6.40. The molecule has 21 heavy (non-hydrogen) atoms. The van der Waals surface area contributed by atoms with E-state index in [0.717, 1.165) is 5.69 Å². The molecule has 0 aromatic carbocycles. The van der Waals surface area contributed by atoms with E-state index in [0.29, 0.717) is 17.3 Å². The van der Waals surface area contributed by atoms with E-state index >= 15 is 0 Å². The van der Waals surface area contributed by atoms with Crippen molar-refractivity contribution in [3.8, 4) is 0 Å². The van der Waals surface area contributed by atoms with Crippen LogP contribution in [-0.4, -0.2) is 21.1 Å². The zero-order valence-electron chi connectivity index (χ0n) is 12.4. The summed E-state index contributed by atoms with van der Waals surface area (Å²) in [6.07, 6.45) is 0. The Balaban J connectivity index is 2.31. The van der Waals surface area contributed by atoms with Gasteiger partial charge in [-0.2, -0.15) is 0 Å². The average Bonchev–Trinajstić information content (AvgIpc) is 2.82. The second-order valence-corrected chi connectivity index (χ2v) is 5.60. The number of hydrogen-bond donors (Lipinski definition) is 3. The lowest BCUT2D eigenvalue weighted by atomic mass is 9.90. The number of aryl methyl sites for hydroxylation is 1. The van der Waals surface area contributed by atoms with Crippen LogP contribution in [0.5, 0.6) is 0 Å². The molecule has 0 aliphatic carbocycles. The summed E-state index contributed by atoms with van der Waals surface area (Å²) < 4.78 is 5.12. The molecule has 0 saturated heterocycles. The first-order chi connectivity index (χ1) is 9.79. The standard InChI is InChI=1S/C13H18N6O2/c1-7-18-19-12(21-7)16-11(20)8-5-9(13(2,3)4)15-10(6-8)17-14/h5-6H,14H2,1-4H3,(H,15,17)(H,16,19,20). The van der Waals surface area contributed by atoms with Crippen LogP contribution in [0.25, 0.3) is 0 Å². The van der Waals surface area contributed by atoms with Crippen LogP contribution >= 0.6 is 0 Å². The molecule has 0 bridgehead atoms. The van der Waals surface area contributed by atoms with Crippen molar-refractivity contribution in [2.75, 3.05) is 10.7 Å². The lowest BCUT2D eigenvalue weighted by Gasteiger charge is -2.19. The number of amides is 1. The van der Waals surface area contributed by atoms with Gasteiger partial charge in [-0.05, 0) is 12.1 Å². The van der Waals surface area contributed by atoms with Crippen molar-refractivity contribution >= 4 is 17.7 Å². The molecule has 2 aromatic rings. The fourth-order valence-corrected chi connectivity index (χ4v) is 1.64. The number of hydrogen-bond acceptors (Lipinski definition) is 7. The molecule has 2 aromatic heterocycles. The minimum absolute atomic E-state index is 0.0499. The van der Waals surface area contributed by atoms with Gasteiger partial charge in [0.25, 0.3) is 5.91 Å². The van der Waals surface area contributed by atoms with Gasteiger partial charge in [0.2, 0.25) is 5.89 Å². The van der Waals surface area contributed by atoms with Crippen molar-refractivity contribution in [1.82, 2.24) is 15.2 Å². The van der Waals surface area contributed by atoms with Gasteiger partial charge >= 0.3 is 6.01 Å². The normalized spacial score (nSPS) is 11.3. The SMILES string of the molecule is Cc1nnc(NC(=O)c2cc(NN)nc(C(C)(C)C)c2)o1. The second kappa shape index (κ2) is 5.49. The van der Waals surface area contributed by atoms with E-state index in [1.165, 1.54) is 0 Å². The van der Waals surface area contributed by atoms with Gasteiger partial charge < -0.3 is 9.84 Å². The van der Waals surface area contributed by atoms with E-state index in [1.54, 1.807) is 19.1 Å². The number of carbonyl (C=O) groups excluding carboxylic acids is 1. The fraction of sp³-hybridized carbons (Fsp3) is 0.385. The van der Waals surface area contributed by atoms with Gasteiger partial charge in [-0.3, -0.25) is 10.1 Å². The zero-order valence-corrected chi connectivity index (χ0v) is 12.4. The van der Waals surface area contributed by atoms with Gasteiger partial charge in [0.05, 0.1) is 0 Å². The molecule has 0 aliphatic heterocycles. The van der Waals surface area contributed by atoms with Gasteiger partial charge in [-0.15, -0.1) is 5.10 Å². The van der Waals surface area contributed by atoms with Gasteiger partial charge in [0.15, 0.2) is 0 Å². The number of nitrogens with zero attached hydrogens (tertiary/aromatic N) is 3. The summed E-state index contributed by atoms with van der Waals surface area (Å²) in [5, 5.41) is 9.90. The molecule has 8 nitrogen and oxygen atoms in total. The highest BCUT2D eigenvalue weighted by Crippen LogP contribution is 2.23. The maximum absolute atomic E-state index is 12.2. The van der Waals surface area contributed by atoms with E-state index in [2.05, 4.69) is 25.9 Å². The molecular formula is C13H18N6O2. The molecular weight excluding hydrogens is 272 g/mol. The molecule has 0 aliphatic rings. The summed E-state index contributed by atoms with van der Waals surface area (Å²) in [5.41, 5.74) is 3.38. The third-order valence-corrected chi connectivity index (χ3v) is 2.75. The Morgan fingerprint density at radius 1 is 1.29 bits per heavy atom. The molecule has 4 N–H and O–H groups in total. The summed E-state index contributed by atoms with van der Waals surface area (Å²) in [5.74, 6) is 5.82. The molecule has 0 spiro atoms. The summed E-state index contributed by atoms with van der Waals surface area (Å²) in [4.78, 5) is 16.6. The van der Waals surface area contributed by atoms with Crippen molar-refractivity contribution in [2.24, 2.45) is 5.84 Å². The molecule has 0 saturated carbocycles. The minimum Gasteiger partial charge on any atom is -0.408 e. The number of hydrazine groups is 1. The Morgan fingerprint density at radius 3 is 2.52 bits per heavy atom. The van der Waals surface area contributed by atoms with Crippen molar-refractivity contribution < 1.29 is 9.21 Å². The molecule has 0 radical (unpaired) electrons. The Labute approximate surface area is 122 Å². The van der Waals surface area contributed by atoms with Crippen molar-refractivity contribution in [3.63, 3.8) is 0 Å². The summed E-state index contributed by atoms with van der Waals surface area (Å²) in [7, 11) is 0. The Bertz CT molecular complexity index is 659. The smallest absolute Gasteiger partial charge is 0.322 e. The number of aromatic nitrogens is 3. The molecule has 0 atom stereocenters. The molecule has 8 heteroatoms. The number of nitrogen functional groups attached to an aromatic ring is 1. The zero-order chi connectivity index (χ0) is 15.6. The van der Waals surface area contributed by atoms with Crippen LogP contribution < -0.4 is 16.6 Å². The van der Waals surface area contributed by atoms with E-state index in [-0.39, 0.29) is 17.3 Å². The largest absolute Gasteiger partial charge is 0.408 e. The third kappa shape index (κ3) is 3.54. The van der Waals surface area contributed by atoms with Crippen LogP contribution in [0.3, 0.4) is 0 Å². The van der Waals surface area contributed by atoms with Gasteiger partial charge in [0, 0.05) is 23.6 Å². The number of carbonyl (C=O) groups is 1. The number of nitrogens with one attached hydrogen (secondary N) is 2. The lowest BCUT2D eigenvalue weighted by Crippen LogP contribution is -2.20. The summed E-state index contributed by atoms with van der Waals surface area (Å²) in [6, 6.07) is 3.31. The Kier molecular flexibility index (Phi) is 3.90. The topological polar surface area (TPSA) is 119 Å². The van der Waals surface area contributed by atoms with E-state index in [4.69, 9.17) is 10.3 Å². The third-order valence-electron chi connectivity index (χ3n) is 2.75. The number of pyridine rings is 1. The number of nitrogens with two attached hydrogens (primary N) is 1. The fourth-order valence-electron chi connectivity index (χ4n) is 1.64. The maximum atomic E-state index is 12.2. The highest BCUT2D eigenvalue weighted by molar-refractivity contribution is 6.03. The minimum atomic E-state index is -0.372. The predicted octanol–water partition coefficient (Wildman–Crippen LogP) is 1.61. The van der Waals surface area contributed by atoms with Crippen LogP contribution in [0, 0.1) is 6.92 Å². The molecule has 0 unspecified atom stereocenters. The van der Waals surface area contributed by atoms with Crippen LogP contribution in [0.1, 0.15) is 42.7 Å². The predicted molar refractivity (Wildman–Crippen MR) is 77.7 cm³/mol. The van der Waals surface area contributed by atoms with Crippen molar-refractivity contribution in [1.29, 1.82) is 0 Å². The Hall–Kier alpha value is -2.48. The molecule has 2 rings (SSSR count). The van der Waals surface area contributed by atoms with Crippen molar-refractivity contribution in [2.45, 2.75) is 33.1 Å². The van der Waals surface area contributed by atoms with Gasteiger partial charge in [-0.1, -0.05) is 25.9 Å². The maximum Gasteiger partial charge on any atom is 0.322 e. The van der Waals surface area contributed by atoms with Crippen molar-refractivity contribution in [3.05, 3.63) is 29.3 Å². The average molecular weight is 290 g/mol. The van der Waals surface area contributed by atoms with Crippen LogP contribution in [0.4, 0.5) is 11.8 Å². The van der Waals surface area contributed by atoms with E-state index < -0.39 is 0 Å². The molecule has 112 valence electrons.